The number of methoxy groups -OCH3 is 2. The molecule has 0 heterocycles. The van der Waals surface area contributed by atoms with Crippen molar-refractivity contribution in [3.63, 3.8) is 0 Å². The maximum atomic E-state index is 11.4. The molecule has 4 nitrogen and oxygen atoms in total. The van der Waals surface area contributed by atoms with Crippen LogP contribution < -0.4 is 0 Å². The standard InChI is InChI=1S/C16H24O4/c1-16(2,19-4)9-10-20-12-14-8-6-5-7-13(14)11-15(17)18-3/h5-8H,9-12H2,1-4H3. The van der Waals surface area contributed by atoms with E-state index in [-0.39, 0.29) is 18.0 Å². The van der Waals surface area contributed by atoms with Crippen LogP contribution in [0.25, 0.3) is 0 Å². The number of benzene rings is 1. The van der Waals surface area contributed by atoms with Crippen LogP contribution in [0.2, 0.25) is 0 Å². The second-order valence-electron chi connectivity index (χ2n) is 5.29. The van der Waals surface area contributed by atoms with E-state index in [4.69, 9.17) is 14.2 Å². The molecule has 1 aromatic carbocycles. The van der Waals surface area contributed by atoms with Crippen molar-refractivity contribution < 1.29 is 19.0 Å². The molecule has 0 bridgehead atoms. The first kappa shape index (κ1) is 16.7. The molecule has 0 N–H and O–H groups in total. The van der Waals surface area contributed by atoms with E-state index < -0.39 is 0 Å². The summed E-state index contributed by atoms with van der Waals surface area (Å²) in [7, 11) is 3.10. The number of carbonyl (C=O) groups excluding carboxylic acids is 1. The number of hydrogen-bond donors (Lipinski definition) is 0. The fourth-order valence-corrected chi connectivity index (χ4v) is 1.70. The van der Waals surface area contributed by atoms with Crippen molar-refractivity contribution in [3.8, 4) is 0 Å². The normalized spacial score (nSPS) is 11.4. The van der Waals surface area contributed by atoms with E-state index in [1.807, 2.05) is 38.1 Å². The molecular weight excluding hydrogens is 256 g/mol. The molecule has 20 heavy (non-hydrogen) atoms. The molecule has 0 amide bonds. The lowest BCUT2D eigenvalue weighted by molar-refractivity contribution is -0.139. The molecule has 4 heteroatoms. The highest BCUT2D eigenvalue weighted by molar-refractivity contribution is 5.72. The van der Waals surface area contributed by atoms with Gasteiger partial charge in [-0.05, 0) is 31.4 Å². The molecule has 0 aliphatic carbocycles. The zero-order valence-electron chi connectivity index (χ0n) is 12.8. The van der Waals surface area contributed by atoms with Gasteiger partial charge in [-0.2, -0.15) is 0 Å². The molecule has 0 atom stereocenters. The monoisotopic (exact) mass is 280 g/mol. The highest BCUT2D eigenvalue weighted by Crippen LogP contribution is 2.15. The zero-order chi connectivity index (χ0) is 15.0. The molecule has 112 valence electrons. The third kappa shape index (κ3) is 5.72. The highest BCUT2D eigenvalue weighted by atomic mass is 16.5. The van der Waals surface area contributed by atoms with Gasteiger partial charge in [0.15, 0.2) is 0 Å². The SMILES string of the molecule is COC(=O)Cc1ccccc1COCCC(C)(C)OC. The summed E-state index contributed by atoms with van der Waals surface area (Å²) >= 11 is 0. The summed E-state index contributed by atoms with van der Waals surface area (Å²) in [6.45, 7) is 5.17. The maximum absolute atomic E-state index is 11.4. The Labute approximate surface area is 121 Å². The van der Waals surface area contributed by atoms with Crippen LogP contribution in [-0.4, -0.2) is 32.4 Å². The van der Waals surface area contributed by atoms with E-state index >= 15 is 0 Å². The van der Waals surface area contributed by atoms with Gasteiger partial charge in [0.2, 0.25) is 0 Å². The fraction of sp³-hybridized carbons (Fsp3) is 0.562. The van der Waals surface area contributed by atoms with Crippen LogP contribution in [-0.2, 0) is 32.0 Å². The Kier molecular flexibility index (Phi) is 6.68. The molecule has 0 unspecified atom stereocenters. The quantitative estimate of drug-likeness (QED) is 0.542. The molecule has 0 fully saturated rings. The third-order valence-corrected chi connectivity index (χ3v) is 3.34. The molecule has 0 aliphatic rings. The van der Waals surface area contributed by atoms with Crippen LogP contribution in [0.3, 0.4) is 0 Å². The smallest absolute Gasteiger partial charge is 0.309 e. The number of hydrogen-bond acceptors (Lipinski definition) is 4. The largest absolute Gasteiger partial charge is 0.469 e. The maximum Gasteiger partial charge on any atom is 0.309 e. The van der Waals surface area contributed by atoms with Crippen LogP contribution in [0.5, 0.6) is 0 Å². The van der Waals surface area contributed by atoms with Gasteiger partial charge in [-0.1, -0.05) is 24.3 Å². The Hall–Kier alpha value is -1.39. The summed E-state index contributed by atoms with van der Waals surface area (Å²) < 4.78 is 15.7. The Balaban J connectivity index is 2.49. The number of esters is 1. The van der Waals surface area contributed by atoms with E-state index in [2.05, 4.69) is 0 Å². The number of carbonyl (C=O) groups is 1. The Bertz CT molecular complexity index is 426. The minimum atomic E-state index is -0.238. The number of rotatable bonds is 8. The third-order valence-electron chi connectivity index (χ3n) is 3.34. The summed E-state index contributed by atoms with van der Waals surface area (Å²) in [4.78, 5) is 11.4. The minimum Gasteiger partial charge on any atom is -0.469 e. The summed E-state index contributed by atoms with van der Waals surface area (Å²) in [5, 5.41) is 0. The molecule has 0 aromatic heterocycles. The zero-order valence-corrected chi connectivity index (χ0v) is 12.8. The van der Waals surface area contributed by atoms with E-state index in [1.54, 1.807) is 7.11 Å². The van der Waals surface area contributed by atoms with Crippen LogP contribution in [0.1, 0.15) is 31.4 Å². The lowest BCUT2D eigenvalue weighted by atomic mass is 10.0. The van der Waals surface area contributed by atoms with Crippen molar-refractivity contribution in [2.24, 2.45) is 0 Å². The van der Waals surface area contributed by atoms with Gasteiger partial charge in [0.25, 0.3) is 0 Å². The van der Waals surface area contributed by atoms with Gasteiger partial charge in [-0.3, -0.25) is 4.79 Å². The Morgan fingerprint density at radius 3 is 2.40 bits per heavy atom. The van der Waals surface area contributed by atoms with Crippen LogP contribution in [0.4, 0.5) is 0 Å². The summed E-state index contributed by atoms with van der Waals surface area (Å²) in [5.41, 5.74) is 1.80. The van der Waals surface area contributed by atoms with Gasteiger partial charge in [-0.15, -0.1) is 0 Å². The van der Waals surface area contributed by atoms with Crippen molar-refractivity contribution in [1.29, 1.82) is 0 Å². The van der Waals surface area contributed by atoms with Crippen LogP contribution in [0.15, 0.2) is 24.3 Å². The van der Waals surface area contributed by atoms with Gasteiger partial charge in [-0.25, -0.2) is 0 Å². The van der Waals surface area contributed by atoms with Crippen molar-refractivity contribution in [2.45, 2.75) is 38.9 Å². The number of ether oxygens (including phenoxy) is 3. The van der Waals surface area contributed by atoms with Crippen molar-refractivity contribution >= 4 is 5.97 Å². The lowest BCUT2D eigenvalue weighted by Gasteiger charge is -2.22. The van der Waals surface area contributed by atoms with Crippen molar-refractivity contribution in [1.82, 2.24) is 0 Å². The van der Waals surface area contributed by atoms with Crippen LogP contribution >= 0.6 is 0 Å². The average Bonchev–Trinajstić information content (AvgIpc) is 2.45. The van der Waals surface area contributed by atoms with Crippen LogP contribution in [0, 0.1) is 0 Å². The first-order valence-electron chi connectivity index (χ1n) is 6.75. The Morgan fingerprint density at radius 2 is 1.80 bits per heavy atom. The topological polar surface area (TPSA) is 44.8 Å². The van der Waals surface area contributed by atoms with Gasteiger partial charge >= 0.3 is 5.97 Å². The molecule has 0 spiro atoms. The molecule has 0 saturated heterocycles. The molecular formula is C16H24O4. The first-order valence-corrected chi connectivity index (χ1v) is 6.75. The Morgan fingerprint density at radius 1 is 1.15 bits per heavy atom. The predicted molar refractivity (Wildman–Crippen MR) is 77.5 cm³/mol. The van der Waals surface area contributed by atoms with E-state index in [9.17, 15) is 4.79 Å². The predicted octanol–water partition coefficient (Wildman–Crippen LogP) is 2.73. The van der Waals surface area contributed by atoms with Crippen molar-refractivity contribution in [2.75, 3.05) is 20.8 Å². The fourth-order valence-electron chi connectivity index (χ4n) is 1.70. The summed E-state index contributed by atoms with van der Waals surface area (Å²) in [6, 6.07) is 7.75. The lowest BCUT2D eigenvalue weighted by Crippen LogP contribution is -2.24. The van der Waals surface area contributed by atoms with Crippen molar-refractivity contribution in [3.05, 3.63) is 35.4 Å². The minimum absolute atomic E-state index is 0.175. The highest BCUT2D eigenvalue weighted by Gasteiger charge is 2.15. The van der Waals surface area contributed by atoms with Gasteiger partial charge < -0.3 is 14.2 Å². The van der Waals surface area contributed by atoms with E-state index in [0.717, 1.165) is 17.5 Å². The molecule has 0 aliphatic heterocycles. The second-order valence-corrected chi connectivity index (χ2v) is 5.29. The second kappa shape index (κ2) is 8.02. The van der Waals surface area contributed by atoms with E-state index in [0.29, 0.717) is 13.2 Å². The van der Waals surface area contributed by atoms with Gasteiger partial charge in [0, 0.05) is 13.7 Å². The average molecular weight is 280 g/mol. The summed E-state index contributed by atoms with van der Waals surface area (Å²) in [5.74, 6) is -0.238. The molecule has 0 radical (unpaired) electrons. The summed E-state index contributed by atoms with van der Waals surface area (Å²) in [6.07, 6.45) is 1.10. The first-order chi connectivity index (χ1) is 9.48. The molecule has 1 rings (SSSR count). The molecule has 1 aromatic rings. The van der Waals surface area contributed by atoms with Gasteiger partial charge in [0.1, 0.15) is 0 Å². The van der Waals surface area contributed by atoms with Gasteiger partial charge in [0.05, 0.1) is 25.7 Å². The van der Waals surface area contributed by atoms with E-state index in [1.165, 1.54) is 7.11 Å². The molecule has 0 saturated carbocycles.